The smallest absolute Gasteiger partial charge is 0.0625 e. The fourth-order valence-corrected chi connectivity index (χ4v) is 2.04. The Morgan fingerprint density at radius 1 is 1.55 bits per heavy atom. The van der Waals surface area contributed by atoms with Crippen molar-refractivity contribution in [3.05, 3.63) is 0 Å². The van der Waals surface area contributed by atoms with Gasteiger partial charge in [0, 0.05) is 19.0 Å². The first kappa shape index (κ1) is 8.55. The van der Waals surface area contributed by atoms with Gasteiger partial charge in [0.05, 0.1) is 6.07 Å². The zero-order valence-corrected chi connectivity index (χ0v) is 7.54. The van der Waals surface area contributed by atoms with Gasteiger partial charge in [-0.25, -0.2) is 0 Å². The summed E-state index contributed by atoms with van der Waals surface area (Å²) in [6.07, 6.45) is 0.715. The summed E-state index contributed by atoms with van der Waals surface area (Å²) >= 11 is 0. The fourth-order valence-electron chi connectivity index (χ4n) is 2.04. The molecule has 0 spiro atoms. The van der Waals surface area contributed by atoms with Crippen molar-refractivity contribution in [2.24, 2.45) is 11.8 Å². The van der Waals surface area contributed by atoms with Crippen LogP contribution in [-0.4, -0.2) is 24.5 Å². The predicted octanol–water partition coefficient (Wildman–Crippen LogP) is 1.49. The monoisotopic (exact) mass is 152 g/mol. The summed E-state index contributed by atoms with van der Waals surface area (Å²) in [4.78, 5) is 2.34. The van der Waals surface area contributed by atoms with E-state index in [1.54, 1.807) is 0 Å². The van der Waals surface area contributed by atoms with Crippen LogP contribution < -0.4 is 0 Å². The van der Waals surface area contributed by atoms with Gasteiger partial charge in [-0.15, -0.1) is 0 Å². The maximum Gasteiger partial charge on any atom is 0.0625 e. The van der Waals surface area contributed by atoms with Gasteiger partial charge in [0.15, 0.2) is 0 Å². The molecule has 0 N–H and O–H groups in total. The Bertz CT molecular complexity index is 171. The van der Waals surface area contributed by atoms with Crippen molar-refractivity contribution in [1.82, 2.24) is 4.90 Å². The van der Waals surface area contributed by atoms with Crippen LogP contribution in [0.5, 0.6) is 0 Å². The topological polar surface area (TPSA) is 27.0 Å². The maximum atomic E-state index is 8.58. The third-order valence-corrected chi connectivity index (χ3v) is 2.95. The molecule has 11 heavy (non-hydrogen) atoms. The molecule has 3 unspecified atom stereocenters. The molecule has 1 heterocycles. The van der Waals surface area contributed by atoms with E-state index in [4.69, 9.17) is 5.26 Å². The van der Waals surface area contributed by atoms with E-state index >= 15 is 0 Å². The van der Waals surface area contributed by atoms with E-state index in [1.807, 2.05) is 0 Å². The molecule has 2 heteroatoms. The summed E-state index contributed by atoms with van der Waals surface area (Å²) in [6, 6.07) is 2.85. The normalized spacial score (nSPS) is 38.9. The minimum absolute atomic E-state index is 0.588. The fraction of sp³-hybridized carbons (Fsp3) is 0.889. The van der Waals surface area contributed by atoms with Gasteiger partial charge in [-0.3, -0.25) is 0 Å². The first-order chi connectivity index (χ1) is 5.16. The number of nitrogens with zero attached hydrogens (tertiary/aromatic N) is 2. The largest absolute Gasteiger partial charge is 0.303 e. The van der Waals surface area contributed by atoms with Gasteiger partial charge in [0.1, 0.15) is 0 Å². The second-order valence-corrected chi connectivity index (χ2v) is 3.68. The minimum Gasteiger partial charge on any atom is -0.303 e. The second-order valence-electron chi connectivity index (χ2n) is 3.68. The van der Waals surface area contributed by atoms with E-state index in [2.05, 4.69) is 31.9 Å². The Balaban J connectivity index is 2.57. The van der Waals surface area contributed by atoms with E-state index in [9.17, 15) is 0 Å². The van der Waals surface area contributed by atoms with Crippen molar-refractivity contribution in [1.29, 1.82) is 5.26 Å². The number of rotatable bonds is 1. The summed E-state index contributed by atoms with van der Waals surface area (Å²) in [5.74, 6) is 1.28. The minimum atomic E-state index is 0.588. The molecule has 0 aromatic rings. The van der Waals surface area contributed by atoms with Crippen LogP contribution in [0, 0.1) is 23.2 Å². The molecule has 2 nitrogen and oxygen atoms in total. The van der Waals surface area contributed by atoms with Crippen molar-refractivity contribution >= 4 is 0 Å². The van der Waals surface area contributed by atoms with E-state index < -0.39 is 0 Å². The summed E-state index contributed by atoms with van der Waals surface area (Å²) in [5, 5.41) is 8.58. The molecule has 1 aliphatic rings. The van der Waals surface area contributed by atoms with Gasteiger partial charge in [0.2, 0.25) is 0 Å². The Morgan fingerprint density at radius 2 is 2.18 bits per heavy atom. The van der Waals surface area contributed by atoms with Crippen molar-refractivity contribution in [2.75, 3.05) is 13.6 Å². The lowest BCUT2D eigenvalue weighted by molar-refractivity contribution is 0.292. The number of hydrogen-bond acceptors (Lipinski definition) is 2. The summed E-state index contributed by atoms with van der Waals surface area (Å²) in [5.41, 5.74) is 0. The van der Waals surface area contributed by atoms with E-state index in [1.165, 1.54) is 0 Å². The second kappa shape index (κ2) is 3.23. The lowest BCUT2D eigenvalue weighted by atomic mass is 9.90. The van der Waals surface area contributed by atoms with Gasteiger partial charge >= 0.3 is 0 Å². The average molecular weight is 152 g/mol. The van der Waals surface area contributed by atoms with Crippen LogP contribution in [0.1, 0.15) is 20.3 Å². The highest BCUT2D eigenvalue weighted by Gasteiger charge is 2.33. The Hall–Kier alpha value is -0.550. The molecule has 0 aromatic heterocycles. The molecule has 0 aliphatic carbocycles. The third-order valence-electron chi connectivity index (χ3n) is 2.95. The number of nitriles is 1. The Labute approximate surface area is 68.8 Å². The van der Waals surface area contributed by atoms with Crippen LogP contribution in [0.4, 0.5) is 0 Å². The SMILES string of the molecule is CC1CN(C)C(C)C1CC#N. The Kier molecular flexibility index (Phi) is 2.51. The average Bonchev–Trinajstić information content (AvgIpc) is 2.17. The van der Waals surface area contributed by atoms with Crippen molar-refractivity contribution in [3.8, 4) is 6.07 Å². The molecule has 0 bridgehead atoms. The molecular formula is C9H16N2. The lowest BCUT2D eigenvalue weighted by Gasteiger charge is -2.18. The van der Waals surface area contributed by atoms with Gasteiger partial charge in [-0.2, -0.15) is 5.26 Å². The van der Waals surface area contributed by atoms with E-state index in [0.29, 0.717) is 24.3 Å². The standard InChI is InChI=1S/C9H16N2/c1-7-6-11(3)8(2)9(7)4-5-10/h7-9H,4,6H2,1-3H3. The molecule has 0 saturated carbocycles. The van der Waals surface area contributed by atoms with Crippen molar-refractivity contribution in [2.45, 2.75) is 26.3 Å². The van der Waals surface area contributed by atoms with Gasteiger partial charge in [-0.1, -0.05) is 6.92 Å². The van der Waals surface area contributed by atoms with Crippen LogP contribution in [-0.2, 0) is 0 Å². The highest BCUT2D eigenvalue weighted by atomic mass is 15.2. The van der Waals surface area contributed by atoms with Crippen molar-refractivity contribution in [3.63, 3.8) is 0 Å². The van der Waals surface area contributed by atoms with Gasteiger partial charge in [-0.05, 0) is 25.8 Å². The van der Waals surface area contributed by atoms with Crippen molar-refractivity contribution < 1.29 is 0 Å². The van der Waals surface area contributed by atoms with Crippen LogP contribution in [0.3, 0.4) is 0 Å². The quantitative estimate of drug-likeness (QED) is 0.569. The summed E-state index contributed by atoms with van der Waals surface area (Å²) in [6.45, 7) is 5.60. The van der Waals surface area contributed by atoms with Crippen LogP contribution in [0.25, 0.3) is 0 Å². The molecule has 1 rings (SSSR count). The Morgan fingerprint density at radius 3 is 2.55 bits per heavy atom. The molecule has 1 fully saturated rings. The van der Waals surface area contributed by atoms with E-state index in [-0.39, 0.29) is 0 Å². The molecular weight excluding hydrogens is 136 g/mol. The first-order valence-electron chi connectivity index (χ1n) is 4.24. The lowest BCUT2D eigenvalue weighted by Crippen LogP contribution is -2.25. The molecule has 0 radical (unpaired) electrons. The highest BCUT2D eigenvalue weighted by Crippen LogP contribution is 2.30. The molecule has 1 saturated heterocycles. The summed E-state index contributed by atoms with van der Waals surface area (Å²) in [7, 11) is 2.14. The predicted molar refractivity (Wildman–Crippen MR) is 45.0 cm³/mol. The zero-order valence-electron chi connectivity index (χ0n) is 7.54. The van der Waals surface area contributed by atoms with Crippen LogP contribution in [0.15, 0.2) is 0 Å². The molecule has 0 aromatic carbocycles. The number of hydrogen-bond donors (Lipinski definition) is 0. The third kappa shape index (κ3) is 1.54. The zero-order chi connectivity index (χ0) is 8.43. The number of likely N-dealkylation sites (tertiary alicyclic amines) is 1. The maximum absolute atomic E-state index is 8.58. The van der Waals surface area contributed by atoms with E-state index in [0.717, 1.165) is 6.54 Å². The van der Waals surface area contributed by atoms with Gasteiger partial charge in [0.25, 0.3) is 0 Å². The molecule has 0 amide bonds. The summed E-state index contributed by atoms with van der Waals surface area (Å²) < 4.78 is 0. The van der Waals surface area contributed by atoms with Crippen LogP contribution in [0.2, 0.25) is 0 Å². The van der Waals surface area contributed by atoms with Crippen LogP contribution >= 0.6 is 0 Å². The molecule has 1 aliphatic heterocycles. The molecule has 3 atom stereocenters. The van der Waals surface area contributed by atoms with Gasteiger partial charge < -0.3 is 4.90 Å². The molecule has 62 valence electrons. The highest BCUT2D eigenvalue weighted by molar-refractivity contribution is 4.91. The first-order valence-corrected chi connectivity index (χ1v) is 4.24.